The van der Waals surface area contributed by atoms with Crippen LogP contribution in [0.2, 0.25) is 0 Å². The summed E-state index contributed by atoms with van der Waals surface area (Å²) in [6.07, 6.45) is 0. The van der Waals surface area contributed by atoms with Crippen LogP contribution in [-0.2, 0) is 16.8 Å². The summed E-state index contributed by atoms with van der Waals surface area (Å²) in [5.41, 5.74) is 0. The van der Waals surface area contributed by atoms with Gasteiger partial charge in [0.05, 0.1) is 5.09 Å². The Labute approximate surface area is 38.1 Å². The summed E-state index contributed by atoms with van der Waals surface area (Å²) in [6.45, 7) is 0. The molecule has 0 aliphatic heterocycles. The molecule has 0 spiro atoms. The van der Waals surface area contributed by atoms with Gasteiger partial charge in [0.1, 0.15) is 0 Å². The van der Waals surface area contributed by atoms with Crippen molar-refractivity contribution < 1.29 is 21.9 Å². The predicted octanol–water partition coefficient (Wildman–Crippen LogP) is -0.242. The van der Waals surface area contributed by atoms with Gasteiger partial charge in [-0.25, -0.2) is 0 Å². The van der Waals surface area contributed by atoms with Crippen LogP contribution in [0.3, 0.4) is 0 Å². The molecule has 0 aliphatic rings. The Morgan fingerprint density at radius 3 is 1.40 bits per heavy atom. The SMILES string of the molecule is O=[N+]([O-])[O-].[Co]. The van der Waals surface area contributed by atoms with Gasteiger partial charge in [-0.15, -0.1) is 0 Å². The van der Waals surface area contributed by atoms with E-state index in [0.29, 0.717) is 0 Å². The largest absolute Gasteiger partial charge is 0.356 e. The molecule has 0 saturated carbocycles. The van der Waals surface area contributed by atoms with Crippen molar-refractivity contribution in [2.45, 2.75) is 0 Å². The third-order valence-electron chi connectivity index (χ3n) is 0. The van der Waals surface area contributed by atoms with E-state index in [2.05, 4.69) is 0 Å². The Morgan fingerprint density at radius 2 is 1.40 bits per heavy atom. The van der Waals surface area contributed by atoms with Gasteiger partial charge in [-0.3, -0.25) is 0 Å². The fraction of sp³-hybridized carbons (Fsp3) is 0. The van der Waals surface area contributed by atoms with E-state index in [1.807, 2.05) is 0 Å². The molecular weight excluding hydrogens is 121 g/mol. The number of hydrogen-bond donors (Lipinski definition) is 0. The molecule has 0 atom stereocenters. The van der Waals surface area contributed by atoms with Gasteiger partial charge in [-0.2, -0.15) is 0 Å². The van der Waals surface area contributed by atoms with Crippen LogP contribution in [0.25, 0.3) is 0 Å². The molecule has 0 N–H and O–H groups in total. The first-order valence-electron chi connectivity index (χ1n) is 0.548. The van der Waals surface area contributed by atoms with Gasteiger partial charge in [0.15, 0.2) is 0 Å². The second kappa shape index (κ2) is 3.71. The zero-order valence-electron chi connectivity index (χ0n) is 2.01. The van der Waals surface area contributed by atoms with Crippen molar-refractivity contribution in [1.29, 1.82) is 0 Å². The van der Waals surface area contributed by atoms with Gasteiger partial charge in [0, 0.05) is 16.8 Å². The minimum absolute atomic E-state index is 0. The quantitative estimate of drug-likeness (QED) is 0.328. The maximum atomic E-state index is 8.25. The van der Waals surface area contributed by atoms with E-state index in [1.54, 1.807) is 0 Å². The van der Waals surface area contributed by atoms with Gasteiger partial charge in [-0.05, 0) is 0 Å². The molecule has 0 aromatic carbocycles. The average molecular weight is 121 g/mol. The first-order chi connectivity index (χ1) is 1.73. The van der Waals surface area contributed by atoms with Gasteiger partial charge >= 0.3 is 0 Å². The van der Waals surface area contributed by atoms with Gasteiger partial charge in [0.25, 0.3) is 0 Å². The Bertz CT molecular complexity index is 29.9. The number of nitrogens with zero attached hydrogens (tertiary/aromatic N) is 1. The maximum Gasteiger partial charge on any atom is 0.0689 e. The summed E-state index contributed by atoms with van der Waals surface area (Å²) in [5.74, 6) is 0. The molecule has 0 saturated heterocycles. The molecule has 0 amide bonds. The van der Waals surface area contributed by atoms with Crippen molar-refractivity contribution in [2.75, 3.05) is 0 Å². The fourth-order valence-corrected chi connectivity index (χ4v) is 0. The standard InChI is InChI=1S/Co.NO3/c;2-1(3)4/q;-1. The van der Waals surface area contributed by atoms with Crippen LogP contribution in [0.15, 0.2) is 0 Å². The number of hydrogen-bond acceptors (Lipinski definition) is 3. The van der Waals surface area contributed by atoms with Crippen LogP contribution in [0, 0.1) is 15.3 Å². The van der Waals surface area contributed by atoms with E-state index in [4.69, 9.17) is 15.3 Å². The Morgan fingerprint density at radius 1 is 1.40 bits per heavy atom. The van der Waals surface area contributed by atoms with E-state index in [0.717, 1.165) is 0 Å². The first-order valence-corrected chi connectivity index (χ1v) is 0.548. The minimum atomic E-state index is -1.75. The minimum Gasteiger partial charge on any atom is -0.356 e. The molecular formula is CoNO3-. The van der Waals surface area contributed by atoms with Crippen LogP contribution in [-0.4, -0.2) is 5.09 Å². The van der Waals surface area contributed by atoms with Gasteiger partial charge < -0.3 is 15.3 Å². The Hall–Kier alpha value is -0.294. The molecule has 5 heteroatoms. The molecule has 0 rings (SSSR count). The van der Waals surface area contributed by atoms with Crippen LogP contribution in [0.4, 0.5) is 0 Å². The maximum absolute atomic E-state index is 8.25. The Balaban J connectivity index is 0. The summed E-state index contributed by atoms with van der Waals surface area (Å²) in [5, 5.41) is 14.8. The second-order valence-corrected chi connectivity index (χ2v) is 0.224. The first kappa shape index (κ1) is 8.83. The summed E-state index contributed by atoms with van der Waals surface area (Å²) in [7, 11) is 0. The number of rotatable bonds is 0. The molecule has 0 aromatic heterocycles. The Kier molecular flexibility index (Phi) is 6.54. The van der Waals surface area contributed by atoms with Crippen molar-refractivity contribution in [3.8, 4) is 0 Å². The third kappa shape index (κ3) is 125. The van der Waals surface area contributed by atoms with Gasteiger partial charge in [-0.1, -0.05) is 0 Å². The predicted molar refractivity (Wildman–Crippen MR) is 10.4 cm³/mol. The van der Waals surface area contributed by atoms with E-state index in [1.165, 1.54) is 0 Å². The van der Waals surface area contributed by atoms with E-state index in [9.17, 15) is 0 Å². The zero-order valence-corrected chi connectivity index (χ0v) is 3.05. The van der Waals surface area contributed by atoms with Crippen LogP contribution in [0.1, 0.15) is 0 Å². The topological polar surface area (TPSA) is 66.2 Å². The van der Waals surface area contributed by atoms with Crippen molar-refractivity contribution in [3.05, 3.63) is 15.3 Å². The fourth-order valence-electron chi connectivity index (χ4n) is 0. The monoisotopic (exact) mass is 121 g/mol. The molecule has 0 fully saturated rings. The van der Waals surface area contributed by atoms with E-state index in [-0.39, 0.29) is 16.8 Å². The smallest absolute Gasteiger partial charge is 0.0689 e. The van der Waals surface area contributed by atoms with Gasteiger partial charge in [0.2, 0.25) is 0 Å². The molecule has 0 bridgehead atoms. The van der Waals surface area contributed by atoms with E-state index < -0.39 is 5.09 Å². The molecule has 0 heterocycles. The molecule has 0 aliphatic carbocycles. The average Bonchev–Trinajstić information content (AvgIpc) is 0.811. The third-order valence-corrected chi connectivity index (χ3v) is 0. The van der Waals surface area contributed by atoms with Crippen molar-refractivity contribution >= 4 is 0 Å². The van der Waals surface area contributed by atoms with Crippen molar-refractivity contribution in [2.24, 2.45) is 0 Å². The van der Waals surface area contributed by atoms with Crippen LogP contribution < -0.4 is 0 Å². The molecule has 33 valence electrons. The zero-order chi connectivity index (χ0) is 3.58. The van der Waals surface area contributed by atoms with Crippen molar-refractivity contribution in [1.82, 2.24) is 0 Å². The molecule has 0 unspecified atom stereocenters. The molecule has 4 nitrogen and oxygen atoms in total. The molecule has 5 heavy (non-hydrogen) atoms. The summed E-state index contributed by atoms with van der Waals surface area (Å²) < 4.78 is 0. The summed E-state index contributed by atoms with van der Waals surface area (Å²) in [6, 6.07) is 0. The summed E-state index contributed by atoms with van der Waals surface area (Å²) >= 11 is 0. The van der Waals surface area contributed by atoms with Crippen LogP contribution >= 0.6 is 0 Å². The summed E-state index contributed by atoms with van der Waals surface area (Å²) in [4.78, 5) is 8.25. The molecule has 1 radical (unpaired) electrons. The van der Waals surface area contributed by atoms with E-state index >= 15 is 0 Å². The molecule has 0 aromatic rings. The normalized spacial score (nSPS) is 4.80. The van der Waals surface area contributed by atoms with Crippen molar-refractivity contribution in [3.63, 3.8) is 0 Å². The second-order valence-electron chi connectivity index (χ2n) is 0.224. The van der Waals surface area contributed by atoms with Crippen LogP contribution in [0.5, 0.6) is 0 Å².